The third-order valence-corrected chi connectivity index (χ3v) is 8.04. The van der Waals surface area contributed by atoms with Gasteiger partial charge in [0.2, 0.25) is 0 Å². The molecule has 1 aliphatic carbocycles. The number of hydrogen-bond donors (Lipinski definition) is 2. The first-order valence-corrected chi connectivity index (χ1v) is 13.9. The minimum atomic E-state index is -0.512. The number of Topliss-reactive ketones (excluding diaryl/α,β-unsaturated/α-hetero) is 1. The van der Waals surface area contributed by atoms with E-state index in [2.05, 4.69) is 15.4 Å². The van der Waals surface area contributed by atoms with Crippen molar-refractivity contribution in [2.24, 2.45) is 0 Å². The average molecular weight is 545 g/mol. The molecule has 0 unspecified atom stereocenters. The SMILES string of the molecule is COC(=O)NCCCc1nc([C@@H](C)N(C(=O)[C@H]2CNCCO2)C2CC2)sc1C(=O)Cc1ccccc1OC. The van der Waals surface area contributed by atoms with Gasteiger partial charge in [0.15, 0.2) is 5.78 Å². The number of methoxy groups -OCH3 is 2. The van der Waals surface area contributed by atoms with Crippen LogP contribution in [-0.2, 0) is 27.1 Å². The number of amides is 2. The minimum absolute atomic E-state index is 0.0341. The Hall–Kier alpha value is -3.02. The lowest BCUT2D eigenvalue weighted by Gasteiger charge is -2.33. The number of ketones is 1. The molecule has 0 radical (unpaired) electrons. The van der Waals surface area contributed by atoms with Gasteiger partial charge in [-0.05, 0) is 38.7 Å². The number of thiazole rings is 1. The molecule has 2 N–H and O–H groups in total. The van der Waals surface area contributed by atoms with Crippen LogP contribution in [0.2, 0.25) is 0 Å². The van der Waals surface area contributed by atoms with E-state index in [9.17, 15) is 14.4 Å². The topological polar surface area (TPSA) is 119 Å². The van der Waals surface area contributed by atoms with Crippen molar-refractivity contribution in [3.63, 3.8) is 0 Å². The maximum atomic E-state index is 13.5. The molecule has 11 heteroatoms. The van der Waals surface area contributed by atoms with Gasteiger partial charge in [0, 0.05) is 37.7 Å². The number of benzene rings is 1. The molecular weight excluding hydrogens is 508 g/mol. The predicted octanol–water partition coefficient (Wildman–Crippen LogP) is 2.91. The van der Waals surface area contributed by atoms with Gasteiger partial charge in [0.05, 0.1) is 37.4 Å². The largest absolute Gasteiger partial charge is 0.496 e. The van der Waals surface area contributed by atoms with Gasteiger partial charge < -0.3 is 29.7 Å². The number of alkyl carbamates (subject to hydrolysis) is 1. The summed E-state index contributed by atoms with van der Waals surface area (Å²) in [5.74, 6) is 0.577. The number of hydrogen-bond acceptors (Lipinski definition) is 9. The van der Waals surface area contributed by atoms with Crippen LogP contribution in [0, 0.1) is 0 Å². The lowest BCUT2D eigenvalue weighted by molar-refractivity contribution is -0.148. The van der Waals surface area contributed by atoms with E-state index in [0.717, 1.165) is 30.0 Å². The van der Waals surface area contributed by atoms with E-state index >= 15 is 0 Å². The second kappa shape index (κ2) is 13.2. The van der Waals surface area contributed by atoms with E-state index in [1.807, 2.05) is 36.1 Å². The van der Waals surface area contributed by atoms with Crippen LogP contribution in [0.4, 0.5) is 4.79 Å². The van der Waals surface area contributed by atoms with Crippen molar-refractivity contribution in [2.75, 3.05) is 40.5 Å². The molecule has 1 aliphatic heterocycles. The van der Waals surface area contributed by atoms with Crippen molar-refractivity contribution in [1.29, 1.82) is 0 Å². The Balaban J connectivity index is 1.56. The van der Waals surface area contributed by atoms with Crippen LogP contribution in [-0.4, -0.2) is 80.3 Å². The van der Waals surface area contributed by atoms with Gasteiger partial charge in [0.25, 0.3) is 5.91 Å². The Kier molecular flexibility index (Phi) is 9.70. The molecule has 206 valence electrons. The van der Waals surface area contributed by atoms with Crippen LogP contribution in [0.15, 0.2) is 24.3 Å². The number of morpholine rings is 1. The van der Waals surface area contributed by atoms with Crippen molar-refractivity contribution < 1.29 is 28.6 Å². The summed E-state index contributed by atoms with van der Waals surface area (Å²) in [6, 6.07) is 7.34. The summed E-state index contributed by atoms with van der Waals surface area (Å²) in [4.78, 5) is 45.8. The first-order chi connectivity index (χ1) is 18.4. The molecule has 4 rings (SSSR count). The zero-order valence-corrected chi connectivity index (χ0v) is 23.0. The molecular formula is C27H36N4O6S. The fourth-order valence-electron chi connectivity index (χ4n) is 4.61. The number of nitrogens with one attached hydrogen (secondary N) is 2. The maximum absolute atomic E-state index is 13.5. The van der Waals surface area contributed by atoms with E-state index in [4.69, 9.17) is 14.5 Å². The number of aryl methyl sites for hydroxylation is 1. The molecule has 2 atom stereocenters. The maximum Gasteiger partial charge on any atom is 0.406 e. The molecule has 1 saturated heterocycles. The van der Waals surface area contributed by atoms with Crippen molar-refractivity contribution in [1.82, 2.24) is 20.5 Å². The van der Waals surface area contributed by atoms with Crippen LogP contribution in [0.25, 0.3) is 0 Å². The lowest BCUT2D eigenvalue weighted by Crippen LogP contribution is -2.50. The van der Waals surface area contributed by atoms with Crippen molar-refractivity contribution >= 4 is 29.1 Å². The normalized spacial score (nSPS) is 17.9. The zero-order chi connectivity index (χ0) is 27.1. The van der Waals surface area contributed by atoms with Crippen molar-refractivity contribution in [3.8, 4) is 5.75 Å². The smallest absolute Gasteiger partial charge is 0.406 e. The summed E-state index contributed by atoms with van der Waals surface area (Å²) in [5, 5.41) is 6.63. The Bertz CT molecular complexity index is 1130. The van der Waals surface area contributed by atoms with Gasteiger partial charge in [-0.1, -0.05) is 18.2 Å². The fourth-order valence-corrected chi connectivity index (χ4v) is 5.71. The van der Waals surface area contributed by atoms with Crippen LogP contribution >= 0.6 is 11.3 Å². The highest BCUT2D eigenvalue weighted by Gasteiger charge is 2.41. The summed E-state index contributed by atoms with van der Waals surface area (Å²) >= 11 is 1.35. The first kappa shape index (κ1) is 28.0. The summed E-state index contributed by atoms with van der Waals surface area (Å²) in [6.45, 7) is 4.11. The lowest BCUT2D eigenvalue weighted by atomic mass is 10.0. The molecule has 1 saturated carbocycles. The van der Waals surface area contributed by atoms with Crippen LogP contribution in [0.3, 0.4) is 0 Å². The Morgan fingerprint density at radius 2 is 2.05 bits per heavy atom. The zero-order valence-electron chi connectivity index (χ0n) is 22.2. The fraction of sp³-hybridized carbons (Fsp3) is 0.556. The first-order valence-electron chi connectivity index (χ1n) is 13.0. The number of carbonyl (C=O) groups excluding carboxylic acids is 3. The predicted molar refractivity (Wildman–Crippen MR) is 143 cm³/mol. The second-order valence-electron chi connectivity index (χ2n) is 9.48. The molecule has 38 heavy (non-hydrogen) atoms. The standard InChI is InChI=1S/C27H36N4O6S/c1-17(31(19-10-11-19)26(33)23-16-28-13-14-37-23)25-30-20(8-6-12-29-27(34)36-3)24(38-25)21(32)15-18-7-4-5-9-22(18)35-2/h4-5,7,9,17,19,23,28H,6,8,10-16H2,1-3H3,(H,29,34)/t17-,23-/m1/s1. The molecule has 0 bridgehead atoms. The quantitative estimate of drug-likeness (QED) is 0.309. The Labute approximate surface area is 227 Å². The highest BCUT2D eigenvalue weighted by atomic mass is 32.1. The minimum Gasteiger partial charge on any atom is -0.496 e. The number of para-hydroxylation sites is 1. The second-order valence-corrected chi connectivity index (χ2v) is 10.5. The molecule has 2 fully saturated rings. The molecule has 1 aromatic carbocycles. The van der Waals surface area contributed by atoms with E-state index in [-0.39, 0.29) is 30.2 Å². The number of aromatic nitrogens is 1. The van der Waals surface area contributed by atoms with E-state index < -0.39 is 12.2 Å². The Morgan fingerprint density at radius 3 is 2.74 bits per heavy atom. The number of carbonyl (C=O) groups is 3. The van der Waals surface area contributed by atoms with Gasteiger partial charge >= 0.3 is 6.09 Å². The third kappa shape index (κ3) is 6.89. The number of ether oxygens (including phenoxy) is 3. The molecule has 10 nitrogen and oxygen atoms in total. The highest BCUT2D eigenvalue weighted by molar-refractivity contribution is 7.14. The van der Waals surface area contributed by atoms with Crippen LogP contribution < -0.4 is 15.4 Å². The average Bonchev–Trinajstić information content (AvgIpc) is 3.68. The molecule has 2 heterocycles. The van der Waals surface area contributed by atoms with Crippen molar-refractivity contribution in [2.45, 2.75) is 57.2 Å². The number of nitrogens with zero attached hydrogens (tertiary/aromatic N) is 2. The van der Waals surface area contributed by atoms with Gasteiger partial charge in [0.1, 0.15) is 16.9 Å². The molecule has 0 spiro atoms. The number of rotatable bonds is 12. The van der Waals surface area contributed by atoms with Gasteiger partial charge in [-0.3, -0.25) is 9.59 Å². The summed E-state index contributed by atoms with van der Waals surface area (Å²) < 4.78 is 15.8. The molecule has 1 aromatic heterocycles. The van der Waals surface area contributed by atoms with Crippen LogP contribution in [0.1, 0.15) is 58.2 Å². The summed E-state index contributed by atoms with van der Waals surface area (Å²) in [6.07, 6.45) is 2.17. The van der Waals surface area contributed by atoms with Gasteiger partial charge in [-0.25, -0.2) is 9.78 Å². The van der Waals surface area contributed by atoms with Gasteiger partial charge in [-0.2, -0.15) is 0 Å². The van der Waals surface area contributed by atoms with Crippen LogP contribution in [0.5, 0.6) is 5.75 Å². The highest BCUT2D eigenvalue weighted by Crippen LogP contribution is 2.38. The molecule has 2 aromatic rings. The van der Waals surface area contributed by atoms with Crippen molar-refractivity contribution in [3.05, 3.63) is 45.4 Å². The van der Waals surface area contributed by atoms with E-state index in [0.29, 0.717) is 48.9 Å². The summed E-state index contributed by atoms with van der Waals surface area (Å²) in [5.41, 5.74) is 1.49. The van der Waals surface area contributed by atoms with Gasteiger partial charge in [-0.15, -0.1) is 11.3 Å². The van der Waals surface area contributed by atoms with E-state index in [1.165, 1.54) is 18.4 Å². The molecule has 2 amide bonds. The van der Waals surface area contributed by atoms with E-state index in [1.54, 1.807) is 7.11 Å². The monoisotopic (exact) mass is 544 g/mol. The third-order valence-electron chi connectivity index (χ3n) is 6.73. The summed E-state index contributed by atoms with van der Waals surface area (Å²) in [7, 11) is 2.91. The molecule has 2 aliphatic rings. The Morgan fingerprint density at radius 1 is 1.26 bits per heavy atom.